The molecule has 3 aromatic rings. The zero-order valence-electron chi connectivity index (χ0n) is 14.8. The van der Waals surface area contributed by atoms with Gasteiger partial charge in [0.2, 0.25) is 11.7 Å². The molecule has 2 aromatic heterocycles. The van der Waals surface area contributed by atoms with Crippen LogP contribution in [0.25, 0.3) is 11.4 Å². The van der Waals surface area contributed by atoms with Crippen LogP contribution < -0.4 is 4.90 Å². The molecule has 0 spiro atoms. The van der Waals surface area contributed by atoms with Crippen LogP contribution in [0.2, 0.25) is 0 Å². The molecule has 1 aliphatic heterocycles. The van der Waals surface area contributed by atoms with Crippen LogP contribution in [0, 0.1) is 0 Å². The normalized spacial score (nSPS) is 23.0. The summed E-state index contributed by atoms with van der Waals surface area (Å²) < 4.78 is 7.70. The third-order valence-electron chi connectivity index (χ3n) is 5.70. The summed E-state index contributed by atoms with van der Waals surface area (Å²) in [6.45, 7) is 2.32. The van der Waals surface area contributed by atoms with E-state index in [1.54, 1.807) is 0 Å². The number of anilines is 1. The lowest BCUT2D eigenvalue weighted by Gasteiger charge is -2.33. The van der Waals surface area contributed by atoms with Gasteiger partial charge in [-0.05, 0) is 56.4 Å². The summed E-state index contributed by atoms with van der Waals surface area (Å²) in [5, 5.41) is 4.20. The van der Waals surface area contributed by atoms with Gasteiger partial charge in [-0.15, -0.1) is 0 Å². The summed E-state index contributed by atoms with van der Waals surface area (Å²) in [5.74, 6) is 1.81. The topological polar surface area (TPSA) is 60.0 Å². The van der Waals surface area contributed by atoms with E-state index in [-0.39, 0.29) is 0 Å². The molecule has 1 aliphatic carbocycles. The van der Waals surface area contributed by atoms with Crippen LogP contribution in [-0.4, -0.2) is 32.8 Å². The van der Waals surface area contributed by atoms with Gasteiger partial charge in [0.25, 0.3) is 0 Å². The highest BCUT2D eigenvalue weighted by Crippen LogP contribution is 2.44. The Kier molecular flexibility index (Phi) is 3.96. The Morgan fingerprint density at radius 1 is 1.00 bits per heavy atom. The predicted molar refractivity (Wildman–Crippen MR) is 99.0 cm³/mol. The second-order valence-corrected chi connectivity index (χ2v) is 7.38. The predicted octanol–water partition coefficient (Wildman–Crippen LogP) is 4.04. The van der Waals surface area contributed by atoms with E-state index in [0.717, 1.165) is 37.4 Å². The number of nitrogens with zero attached hydrogens (tertiary/aromatic N) is 5. The fraction of sp³-hybridized carbons (Fsp3) is 0.450. The van der Waals surface area contributed by atoms with Crippen LogP contribution in [0.3, 0.4) is 0 Å². The van der Waals surface area contributed by atoms with Crippen molar-refractivity contribution in [2.24, 2.45) is 0 Å². The summed E-state index contributed by atoms with van der Waals surface area (Å²) >= 11 is 0. The highest BCUT2D eigenvalue weighted by Gasteiger charge is 2.35. The van der Waals surface area contributed by atoms with Crippen molar-refractivity contribution in [2.75, 3.05) is 18.0 Å². The first kappa shape index (κ1) is 15.6. The number of benzene rings is 1. The van der Waals surface area contributed by atoms with Crippen LogP contribution in [-0.2, 0) is 0 Å². The Morgan fingerprint density at radius 2 is 1.81 bits per heavy atom. The molecule has 3 heterocycles. The van der Waals surface area contributed by atoms with E-state index in [2.05, 4.69) is 48.9 Å². The molecule has 2 aliphatic rings. The molecule has 1 saturated carbocycles. The van der Waals surface area contributed by atoms with Crippen molar-refractivity contribution >= 4 is 5.69 Å². The molecular formula is C20H23N5O. The summed E-state index contributed by atoms with van der Waals surface area (Å²) in [6.07, 6.45) is 11.7. The average molecular weight is 349 g/mol. The van der Waals surface area contributed by atoms with Gasteiger partial charge in [-0.25, -0.2) is 4.98 Å². The third kappa shape index (κ3) is 2.89. The minimum Gasteiger partial charge on any atom is -0.372 e. The standard InChI is InChI=1S/C20H23N5O/c1-2-9-24(10-3-1)17-6-4-15(5-7-17)19-22-20(26-23-19)16-12-18(13-16)25-11-8-21-14-25/h4-8,11,14,16,18H,1-3,9-10,12-13H2. The van der Waals surface area contributed by atoms with E-state index in [1.807, 2.05) is 18.7 Å². The Balaban J connectivity index is 1.25. The maximum Gasteiger partial charge on any atom is 0.230 e. The maximum absolute atomic E-state index is 5.54. The first-order valence-electron chi connectivity index (χ1n) is 9.53. The van der Waals surface area contributed by atoms with Crippen molar-refractivity contribution in [3.63, 3.8) is 0 Å². The number of aromatic nitrogens is 4. The number of imidazole rings is 1. The molecule has 0 amide bonds. The lowest BCUT2D eigenvalue weighted by Crippen LogP contribution is -2.29. The van der Waals surface area contributed by atoms with Gasteiger partial charge in [0.05, 0.1) is 6.33 Å². The second kappa shape index (κ2) is 6.59. The Morgan fingerprint density at radius 3 is 2.54 bits per heavy atom. The van der Waals surface area contributed by atoms with E-state index in [0.29, 0.717) is 17.8 Å². The van der Waals surface area contributed by atoms with Gasteiger partial charge >= 0.3 is 0 Å². The fourth-order valence-electron chi connectivity index (χ4n) is 4.01. The van der Waals surface area contributed by atoms with E-state index < -0.39 is 0 Å². The molecule has 0 radical (unpaired) electrons. The lowest BCUT2D eigenvalue weighted by molar-refractivity contribution is 0.214. The van der Waals surface area contributed by atoms with Crippen LogP contribution in [0.15, 0.2) is 47.5 Å². The van der Waals surface area contributed by atoms with Crippen LogP contribution >= 0.6 is 0 Å². The largest absolute Gasteiger partial charge is 0.372 e. The van der Waals surface area contributed by atoms with Gasteiger partial charge in [0.1, 0.15) is 0 Å². The Hall–Kier alpha value is -2.63. The first-order chi connectivity index (χ1) is 12.9. The molecule has 6 heteroatoms. The van der Waals surface area contributed by atoms with Crippen molar-refractivity contribution in [3.05, 3.63) is 48.9 Å². The number of piperidine rings is 1. The van der Waals surface area contributed by atoms with E-state index in [4.69, 9.17) is 4.52 Å². The molecule has 5 rings (SSSR count). The summed E-state index contributed by atoms with van der Waals surface area (Å²) in [4.78, 5) is 11.2. The van der Waals surface area contributed by atoms with Gasteiger partial charge in [0.15, 0.2) is 0 Å². The van der Waals surface area contributed by atoms with Crippen molar-refractivity contribution in [3.8, 4) is 11.4 Å². The highest BCUT2D eigenvalue weighted by molar-refractivity contribution is 5.60. The van der Waals surface area contributed by atoms with Gasteiger partial charge in [-0.3, -0.25) is 0 Å². The molecular weight excluding hydrogens is 326 g/mol. The lowest BCUT2D eigenvalue weighted by atomic mass is 9.80. The van der Waals surface area contributed by atoms with Gasteiger partial charge < -0.3 is 14.0 Å². The van der Waals surface area contributed by atoms with Crippen LogP contribution in [0.4, 0.5) is 5.69 Å². The molecule has 134 valence electrons. The Bertz CT molecular complexity index is 843. The minimum absolute atomic E-state index is 0.358. The average Bonchev–Trinajstić information content (AvgIpc) is 3.34. The number of rotatable bonds is 4. The molecule has 0 bridgehead atoms. The molecule has 1 aromatic carbocycles. The highest BCUT2D eigenvalue weighted by atomic mass is 16.5. The molecule has 0 N–H and O–H groups in total. The van der Waals surface area contributed by atoms with E-state index in [9.17, 15) is 0 Å². The van der Waals surface area contributed by atoms with E-state index in [1.165, 1.54) is 24.9 Å². The summed E-state index contributed by atoms with van der Waals surface area (Å²) in [6, 6.07) is 9.06. The summed E-state index contributed by atoms with van der Waals surface area (Å²) in [5.41, 5.74) is 2.31. The molecule has 26 heavy (non-hydrogen) atoms. The Labute approximate surface area is 152 Å². The van der Waals surface area contributed by atoms with Crippen molar-refractivity contribution < 1.29 is 4.52 Å². The van der Waals surface area contributed by atoms with E-state index >= 15 is 0 Å². The van der Waals surface area contributed by atoms with Gasteiger partial charge in [-0.1, -0.05) is 5.16 Å². The quantitative estimate of drug-likeness (QED) is 0.711. The minimum atomic E-state index is 0.358. The summed E-state index contributed by atoms with van der Waals surface area (Å²) in [7, 11) is 0. The monoisotopic (exact) mass is 349 g/mol. The number of hydrogen-bond acceptors (Lipinski definition) is 5. The first-order valence-corrected chi connectivity index (χ1v) is 9.53. The molecule has 0 atom stereocenters. The molecule has 6 nitrogen and oxygen atoms in total. The SMILES string of the molecule is c1cn(C2CC(c3nc(-c4ccc(N5CCCCC5)cc4)no3)C2)cn1. The molecule has 1 saturated heterocycles. The fourth-order valence-corrected chi connectivity index (χ4v) is 4.01. The third-order valence-corrected chi connectivity index (χ3v) is 5.70. The van der Waals surface area contributed by atoms with Crippen LogP contribution in [0.5, 0.6) is 0 Å². The molecule has 0 unspecified atom stereocenters. The number of hydrogen-bond donors (Lipinski definition) is 0. The zero-order chi connectivity index (χ0) is 17.3. The van der Waals surface area contributed by atoms with Crippen LogP contribution in [0.1, 0.15) is 50.0 Å². The smallest absolute Gasteiger partial charge is 0.230 e. The maximum atomic E-state index is 5.54. The second-order valence-electron chi connectivity index (χ2n) is 7.38. The van der Waals surface area contributed by atoms with Gasteiger partial charge in [-0.2, -0.15) is 4.98 Å². The zero-order valence-corrected chi connectivity index (χ0v) is 14.8. The molecule has 2 fully saturated rings. The van der Waals surface area contributed by atoms with Crippen molar-refractivity contribution in [2.45, 2.75) is 44.1 Å². The van der Waals surface area contributed by atoms with Gasteiger partial charge in [0, 0.05) is 48.7 Å². The van der Waals surface area contributed by atoms with Crippen molar-refractivity contribution in [1.29, 1.82) is 0 Å². The van der Waals surface area contributed by atoms with Crippen molar-refractivity contribution in [1.82, 2.24) is 19.7 Å².